The van der Waals surface area contributed by atoms with Crippen LogP contribution in [0.5, 0.6) is 23.0 Å². The minimum atomic E-state index is -0.596. The van der Waals surface area contributed by atoms with Crippen LogP contribution in [0, 0.1) is 29.5 Å². The van der Waals surface area contributed by atoms with Crippen LogP contribution in [0.1, 0.15) is 27.8 Å². The van der Waals surface area contributed by atoms with Crippen LogP contribution in [-0.2, 0) is 54.2 Å². The molecule has 16 heteroatoms. The molecule has 0 fully saturated rings. The van der Waals surface area contributed by atoms with E-state index in [1.54, 1.807) is 60.7 Å². The largest absolute Gasteiger partial charge is 0.481 e. The molecule has 0 radical (unpaired) electrons. The highest BCUT2D eigenvalue weighted by atomic mass is 19.1. The SMILES string of the molecule is Fc1ccc2c(c1)COB2OB1OCc2cc(F)ccc21.[C-]#[N+]c1ccc(Oc2ccc3c(c2)COB3OB2OCc3cc(Oc4ccc(C#N)cc4)ccc32)cc1. The Kier molecular flexibility index (Phi) is 10.5. The lowest BCUT2D eigenvalue weighted by molar-refractivity contribution is 0.238. The van der Waals surface area contributed by atoms with Crippen LogP contribution in [0.2, 0.25) is 0 Å². The third kappa shape index (κ3) is 7.99. The Bertz CT molecular complexity index is 2410. The Balaban J connectivity index is 0.000000175. The van der Waals surface area contributed by atoms with Crippen molar-refractivity contribution in [2.45, 2.75) is 26.4 Å². The maximum Gasteiger partial charge on any atom is 0.481 e. The summed E-state index contributed by atoms with van der Waals surface area (Å²) in [5, 5.41) is 8.95. The van der Waals surface area contributed by atoms with E-state index in [9.17, 15) is 8.78 Å². The average Bonchev–Trinajstić information content (AvgIpc) is 4.04. The van der Waals surface area contributed by atoms with Crippen LogP contribution < -0.4 is 31.3 Å². The summed E-state index contributed by atoms with van der Waals surface area (Å²) >= 11 is 0. The van der Waals surface area contributed by atoms with Gasteiger partial charge in [-0.2, -0.15) is 5.26 Å². The topological polar surface area (TPSA) is 102 Å². The van der Waals surface area contributed by atoms with Crippen molar-refractivity contribution < 1.29 is 46.0 Å². The van der Waals surface area contributed by atoms with E-state index < -0.39 is 28.5 Å². The number of rotatable bonds is 8. The van der Waals surface area contributed by atoms with E-state index in [4.69, 9.17) is 49.1 Å². The van der Waals surface area contributed by atoms with Crippen LogP contribution in [0.3, 0.4) is 0 Å². The zero-order chi connectivity index (χ0) is 39.6. The standard InChI is InChI=1S/C28H18B2N2O5.C14H10B2F2O3/c1-32-22-4-8-24(9-5-22)36-26-11-13-28-21(15-26)18-34-30(28)37-29-27-12-10-25(14-20(27)17-33-29)35-23-6-2-19(16-31)3-7-23;17-11-1-3-13-9(5-11)7-19-15(13)21-16-14-4-2-12(18)6-10(14)8-20-16/h2-15H,17-18H2;1-6H,7-8H2. The molecule has 0 aromatic heterocycles. The molecular weight excluding hydrogens is 742 g/mol. The highest BCUT2D eigenvalue weighted by molar-refractivity contribution is 6.76. The number of halogens is 2. The monoisotopic (exact) mass is 770 g/mol. The molecule has 6 aromatic rings. The molecule has 280 valence electrons. The van der Waals surface area contributed by atoms with Crippen molar-refractivity contribution in [3.8, 4) is 29.1 Å². The van der Waals surface area contributed by atoms with Crippen LogP contribution in [0.4, 0.5) is 14.5 Å². The molecule has 0 saturated carbocycles. The van der Waals surface area contributed by atoms with E-state index in [0.717, 1.165) is 44.1 Å². The second-order valence-corrected chi connectivity index (χ2v) is 13.7. The summed E-state index contributed by atoms with van der Waals surface area (Å²) in [7, 11) is -2.29. The van der Waals surface area contributed by atoms with Gasteiger partial charge in [-0.1, -0.05) is 36.4 Å². The van der Waals surface area contributed by atoms with Gasteiger partial charge < -0.3 is 37.2 Å². The normalized spacial score (nSPS) is 14.5. The van der Waals surface area contributed by atoms with E-state index >= 15 is 0 Å². The van der Waals surface area contributed by atoms with E-state index in [1.165, 1.54) is 24.3 Å². The first-order valence-corrected chi connectivity index (χ1v) is 18.3. The Labute approximate surface area is 334 Å². The van der Waals surface area contributed by atoms with Crippen molar-refractivity contribution in [3.63, 3.8) is 0 Å². The van der Waals surface area contributed by atoms with Gasteiger partial charge in [0.15, 0.2) is 5.69 Å². The van der Waals surface area contributed by atoms with E-state index in [1.807, 2.05) is 36.4 Å². The van der Waals surface area contributed by atoms with Crippen molar-refractivity contribution in [1.82, 2.24) is 0 Å². The molecule has 0 spiro atoms. The zero-order valence-electron chi connectivity index (χ0n) is 30.6. The predicted octanol–water partition coefficient (Wildman–Crippen LogP) is 5.99. The molecule has 0 atom stereocenters. The summed E-state index contributed by atoms with van der Waals surface area (Å²) in [4.78, 5) is 3.40. The molecule has 0 saturated heterocycles. The molecule has 4 aliphatic rings. The molecule has 0 aliphatic carbocycles. The van der Waals surface area contributed by atoms with Crippen LogP contribution in [-0.4, -0.2) is 28.5 Å². The lowest BCUT2D eigenvalue weighted by Gasteiger charge is -2.13. The van der Waals surface area contributed by atoms with Crippen LogP contribution >= 0.6 is 0 Å². The summed E-state index contributed by atoms with van der Waals surface area (Å²) in [6.45, 7) is 8.48. The molecular formula is C42H28B4F2N2O8. The molecule has 0 unspecified atom stereocenters. The molecule has 0 amide bonds. The van der Waals surface area contributed by atoms with Crippen molar-refractivity contribution in [1.29, 1.82) is 5.26 Å². The molecule has 0 N–H and O–H groups in total. The van der Waals surface area contributed by atoms with E-state index in [-0.39, 0.29) is 11.6 Å². The van der Waals surface area contributed by atoms with Crippen molar-refractivity contribution >= 4 is 56.0 Å². The molecule has 6 aromatic carbocycles. The highest BCUT2D eigenvalue weighted by Crippen LogP contribution is 2.28. The number of nitrogens with zero attached hydrogens (tertiary/aromatic N) is 2. The predicted molar refractivity (Wildman–Crippen MR) is 213 cm³/mol. The van der Waals surface area contributed by atoms with Gasteiger partial charge in [0, 0.05) is 0 Å². The Morgan fingerprint density at radius 1 is 0.500 bits per heavy atom. The lowest BCUT2D eigenvalue weighted by atomic mass is 9.71. The van der Waals surface area contributed by atoms with Crippen molar-refractivity contribution in [2.24, 2.45) is 0 Å². The lowest BCUT2D eigenvalue weighted by Crippen LogP contribution is -2.43. The van der Waals surface area contributed by atoms with Gasteiger partial charge in [-0.05, 0) is 129 Å². The molecule has 10 rings (SSSR count). The summed E-state index contributed by atoms with van der Waals surface area (Å²) < 4.78 is 73.1. The first kappa shape index (κ1) is 37.4. The average molecular weight is 770 g/mol. The second-order valence-electron chi connectivity index (χ2n) is 13.7. The minimum absolute atomic E-state index is 0.295. The fourth-order valence-corrected chi connectivity index (χ4v) is 7.01. The first-order valence-electron chi connectivity index (χ1n) is 18.3. The summed E-state index contributed by atoms with van der Waals surface area (Å²) in [5.41, 5.74) is 8.16. The Hall–Kier alpha value is -6.22. The smallest absolute Gasteiger partial charge is 0.457 e. The van der Waals surface area contributed by atoms with Gasteiger partial charge >= 0.3 is 28.5 Å². The quantitative estimate of drug-likeness (QED) is 0.137. The zero-order valence-corrected chi connectivity index (χ0v) is 30.6. The fraction of sp³-hybridized carbons (Fsp3) is 0.0952. The van der Waals surface area contributed by atoms with Gasteiger partial charge in [-0.3, -0.25) is 0 Å². The molecule has 58 heavy (non-hydrogen) atoms. The summed E-state index contributed by atoms with van der Waals surface area (Å²) in [5.74, 6) is 2.11. The van der Waals surface area contributed by atoms with E-state index in [0.29, 0.717) is 60.7 Å². The number of hydrogen-bond acceptors (Lipinski definition) is 9. The first-order chi connectivity index (χ1) is 28.4. The van der Waals surface area contributed by atoms with Gasteiger partial charge in [-0.25, -0.2) is 13.6 Å². The Morgan fingerprint density at radius 2 is 0.862 bits per heavy atom. The molecule has 0 bridgehead atoms. The number of ether oxygens (including phenoxy) is 2. The van der Waals surface area contributed by atoms with Gasteiger partial charge in [0.05, 0.1) is 44.6 Å². The van der Waals surface area contributed by atoms with Gasteiger partial charge in [0.2, 0.25) is 0 Å². The summed E-state index contributed by atoms with van der Waals surface area (Å²) in [6, 6.07) is 36.6. The number of benzene rings is 6. The van der Waals surface area contributed by atoms with Crippen LogP contribution in [0.25, 0.3) is 4.85 Å². The number of fused-ring (bicyclic) bond motifs is 4. The fourth-order valence-electron chi connectivity index (χ4n) is 7.01. The van der Waals surface area contributed by atoms with Crippen molar-refractivity contribution in [2.75, 3.05) is 0 Å². The van der Waals surface area contributed by atoms with E-state index in [2.05, 4.69) is 10.9 Å². The van der Waals surface area contributed by atoms with Crippen LogP contribution in [0.15, 0.2) is 121 Å². The molecule has 4 aliphatic heterocycles. The van der Waals surface area contributed by atoms with Gasteiger partial charge in [-0.15, -0.1) is 0 Å². The number of hydrogen-bond donors (Lipinski definition) is 0. The maximum absolute atomic E-state index is 13.2. The third-order valence-electron chi connectivity index (χ3n) is 9.93. The maximum atomic E-state index is 13.2. The summed E-state index contributed by atoms with van der Waals surface area (Å²) in [6.07, 6.45) is 0. The van der Waals surface area contributed by atoms with Crippen molar-refractivity contribution in [3.05, 3.63) is 172 Å². The molecule has 10 nitrogen and oxygen atoms in total. The van der Waals surface area contributed by atoms with Gasteiger partial charge in [0.25, 0.3) is 0 Å². The minimum Gasteiger partial charge on any atom is -0.457 e. The Morgan fingerprint density at radius 3 is 1.26 bits per heavy atom. The third-order valence-corrected chi connectivity index (χ3v) is 9.93. The number of nitriles is 1. The second kappa shape index (κ2) is 16.3. The van der Waals surface area contributed by atoms with Gasteiger partial charge in [0.1, 0.15) is 34.6 Å². The molecule has 4 heterocycles. The highest BCUT2D eigenvalue weighted by Gasteiger charge is 2.41.